The Kier molecular flexibility index (Phi) is 2.97. The Labute approximate surface area is 75.0 Å². The molecule has 0 saturated carbocycles. The molecule has 0 unspecified atom stereocenters. The van der Waals surface area contributed by atoms with E-state index in [1.54, 1.807) is 18.2 Å². The van der Waals surface area contributed by atoms with Crippen molar-refractivity contribution < 1.29 is 14.3 Å². The molecule has 0 aliphatic carbocycles. The van der Waals surface area contributed by atoms with Crippen LogP contribution in [0.3, 0.4) is 0 Å². The molecule has 0 radical (unpaired) electrons. The van der Waals surface area contributed by atoms with Gasteiger partial charge >= 0.3 is 0 Å². The molecule has 1 amide bonds. The Morgan fingerprint density at radius 1 is 1.38 bits per heavy atom. The smallest absolute Gasteiger partial charge is 0.255 e. The van der Waals surface area contributed by atoms with Gasteiger partial charge in [0.25, 0.3) is 5.91 Å². The van der Waals surface area contributed by atoms with Crippen molar-refractivity contribution in [2.45, 2.75) is 12.3 Å². The summed E-state index contributed by atoms with van der Waals surface area (Å²) in [6.07, 6.45) is -3.53. The minimum atomic E-state index is -2.05. The number of carbonyl (C=O) groups excluding carboxylic acids is 1. The first-order valence-corrected chi connectivity index (χ1v) is 3.79. The third-order valence-corrected chi connectivity index (χ3v) is 1.69. The van der Waals surface area contributed by atoms with Crippen LogP contribution in [0.5, 0.6) is 0 Å². The second-order valence-electron chi connectivity index (χ2n) is 2.66. The van der Waals surface area contributed by atoms with Crippen molar-refractivity contribution in [3.8, 4) is 0 Å². The number of benzene rings is 1. The van der Waals surface area contributed by atoms with E-state index in [4.69, 9.17) is 5.73 Å². The van der Waals surface area contributed by atoms with Crippen LogP contribution in [0.15, 0.2) is 30.3 Å². The second-order valence-corrected chi connectivity index (χ2v) is 2.66. The van der Waals surface area contributed by atoms with Gasteiger partial charge in [0.15, 0.2) is 0 Å². The summed E-state index contributed by atoms with van der Waals surface area (Å²) in [4.78, 5) is 10.4. The van der Waals surface area contributed by atoms with Crippen LogP contribution in [-0.4, -0.2) is 17.2 Å². The lowest BCUT2D eigenvalue weighted by Crippen LogP contribution is -2.30. The molecule has 0 fully saturated rings. The van der Waals surface area contributed by atoms with Crippen LogP contribution in [0.1, 0.15) is 11.7 Å². The van der Waals surface area contributed by atoms with Gasteiger partial charge < -0.3 is 10.8 Å². The molecule has 0 aliphatic rings. The minimum Gasteiger partial charge on any atom is -0.385 e. The van der Waals surface area contributed by atoms with Crippen LogP contribution < -0.4 is 5.73 Å². The van der Waals surface area contributed by atoms with E-state index in [9.17, 15) is 14.3 Å². The number of nitrogens with two attached hydrogens (primary N) is 1. The maximum atomic E-state index is 12.9. The first-order valence-electron chi connectivity index (χ1n) is 3.79. The van der Waals surface area contributed by atoms with Gasteiger partial charge in [0.1, 0.15) is 6.10 Å². The van der Waals surface area contributed by atoms with Crippen molar-refractivity contribution in [3.05, 3.63) is 35.9 Å². The van der Waals surface area contributed by atoms with Gasteiger partial charge in [0, 0.05) is 0 Å². The maximum Gasteiger partial charge on any atom is 0.255 e. The Morgan fingerprint density at radius 3 is 2.38 bits per heavy atom. The van der Waals surface area contributed by atoms with Crippen molar-refractivity contribution in [1.29, 1.82) is 0 Å². The van der Waals surface area contributed by atoms with Gasteiger partial charge in [-0.05, 0) is 5.56 Å². The fraction of sp³-hybridized carbons (Fsp3) is 0.222. The summed E-state index contributed by atoms with van der Waals surface area (Å²) in [7, 11) is 0. The molecule has 0 spiro atoms. The molecule has 0 bridgehead atoms. The van der Waals surface area contributed by atoms with Gasteiger partial charge in [0.2, 0.25) is 6.17 Å². The molecule has 0 aromatic heterocycles. The monoisotopic (exact) mass is 183 g/mol. The van der Waals surface area contributed by atoms with Crippen molar-refractivity contribution in [3.63, 3.8) is 0 Å². The van der Waals surface area contributed by atoms with Crippen molar-refractivity contribution in [2.24, 2.45) is 5.73 Å². The maximum absolute atomic E-state index is 12.9. The summed E-state index contributed by atoms with van der Waals surface area (Å²) in [6.45, 7) is 0. The van der Waals surface area contributed by atoms with E-state index in [2.05, 4.69) is 0 Å². The van der Waals surface area contributed by atoms with Gasteiger partial charge in [0.05, 0.1) is 0 Å². The van der Waals surface area contributed by atoms with Gasteiger partial charge in [-0.15, -0.1) is 0 Å². The molecule has 70 valence electrons. The molecule has 1 aromatic carbocycles. The molecule has 3 N–H and O–H groups in total. The van der Waals surface area contributed by atoms with Crippen molar-refractivity contribution in [2.75, 3.05) is 0 Å². The molecule has 0 saturated heterocycles. The van der Waals surface area contributed by atoms with Crippen LogP contribution in [0.4, 0.5) is 4.39 Å². The lowest BCUT2D eigenvalue weighted by molar-refractivity contribution is -0.126. The number of alkyl halides is 1. The van der Waals surface area contributed by atoms with E-state index in [0.29, 0.717) is 5.56 Å². The normalized spacial score (nSPS) is 14.9. The zero-order valence-corrected chi connectivity index (χ0v) is 6.85. The van der Waals surface area contributed by atoms with Crippen LogP contribution in [0.2, 0.25) is 0 Å². The van der Waals surface area contributed by atoms with Crippen LogP contribution in [0.25, 0.3) is 0 Å². The molecule has 13 heavy (non-hydrogen) atoms. The second kappa shape index (κ2) is 4.00. The number of rotatable bonds is 3. The predicted octanol–water partition coefficient (Wildman–Crippen LogP) is 0.543. The summed E-state index contributed by atoms with van der Waals surface area (Å²) in [5.41, 5.74) is 5.04. The molecule has 0 heterocycles. The summed E-state index contributed by atoms with van der Waals surface area (Å²) in [6, 6.07) is 8.08. The lowest BCUT2D eigenvalue weighted by Gasteiger charge is -2.12. The lowest BCUT2D eigenvalue weighted by atomic mass is 10.1. The van der Waals surface area contributed by atoms with E-state index in [-0.39, 0.29) is 0 Å². The van der Waals surface area contributed by atoms with Gasteiger partial charge in [-0.25, -0.2) is 4.39 Å². The highest BCUT2D eigenvalue weighted by Gasteiger charge is 2.24. The molecule has 1 aromatic rings. The number of carbonyl (C=O) groups is 1. The highest BCUT2D eigenvalue weighted by atomic mass is 19.1. The molecular formula is C9H10FNO2. The van der Waals surface area contributed by atoms with Crippen LogP contribution in [-0.2, 0) is 4.79 Å². The number of aliphatic hydroxyl groups is 1. The SMILES string of the molecule is NC(=O)[C@H](F)[C@@H](O)c1ccccc1. The number of primary amides is 1. The first-order chi connectivity index (χ1) is 6.13. The van der Waals surface area contributed by atoms with E-state index < -0.39 is 18.2 Å². The Balaban J connectivity index is 2.79. The fourth-order valence-electron chi connectivity index (χ4n) is 0.975. The van der Waals surface area contributed by atoms with Gasteiger partial charge in [-0.3, -0.25) is 4.79 Å². The number of amides is 1. The minimum absolute atomic E-state index is 0.341. The number of halogens is 1. The molecule has 0 aliphatic heterocycles. The Morgan fingerprint density at radius 2 is 1.92 bits per heavy atom. The summed E-state index contributed by atoms with van der Waals surface area (Å²) >= 11 is 0. The average molecular weight is 183 g/mol. The van der Waals surface area contributed by atoms with Crippen molar-refractivity contribution >= 4 is 5.91 Å². The topological polar surface area (TPSA) is 63.3 Å². The Hall–Kier alpha value is -1.42. The zero-order chi connectivity index (χ0) is 9.84. The highest BCUT2D eigenvalue weighted by Crippen LogP contribution is 2.18. The predicted molar refractivity (Wildman–Crippen MR) is 45.5 cm³/mol. The molecular weight excluding hydrogens is 173 g/mol. The van der Waals surface area contributed by atoms with Crippen LogP contribution in [0, 0.1) is 0 Å². The number of hydrogen-bond donors (Lipinski definition) is 2. The van der Waals surface area contributed by atoms with Crippen molar-refractivity contribution in [1.82, 2.24) is 0 Å². The molecule has 1 rings (SSSR count). The third-order valence-electron chi connectivity index (χ3n) is 1.69. The summed E-state index contributed by atoms with van der Waals surface area (Å²) in [5, 5.41) is 9.28. The van der Waals surface area contributed by atoms with E-state index >= 15 is 0 Å². The number of hydrogen-bond acceptors (Lipinski definition) is 2. The molecule has 4 heteroatoms. The third kappa shape index (κ3) is 2.26. The zero-order valence-electron chi connectivity index (χ0n) is 6.85. The summed E-state index contributed by atoms with van der Waals surface area (Å²) in [5.74, 6) is -1.16. The molecule has 2 atom stereocenters. The largest absolute Gasteiger partial charge is 0.385 e. The standard InChI is InChI=1S/C9H10FNO2/c10-7(9(11)13)8(12)6-4-2-1-3-5-6/h1-5,7-8,12H,(H2,11,13)/t7-,8+/m1/s1. The van der Waals surface area contributed by atoms with Gasteiger partial charge in [-0.2, -0.15) is 0 Å². The summed E-state index contributed by atoms with van der Waals surface area (Å²) < 4.78 is 12.9. The van der Waals surface area contributed by atoms with E-state index in [1.807, 2.05) is 0 Å². The van der Waals surface area contributed by atoms with E-state index in [1.165, 1.54) is 12.1 Å². The highest BCUT2D eigenvalue weighted by molar-refractivity contribution is 5.79. The van der Waals surface area contributed by atoms with Gasteiger partial charge in [-0.1, -0.05) is 30.3 Å². The van der Waals surface area contributed by atoms with E-state index in [0.717, 1.165) is 0 Å². The number of aliphatic hydroxyl groups excluding tert-OH is 1. The Bertz CT molecular complexity index is 289. The fourth-order valence-corrected chi connectivity index (χ4v) is 0.975. The average Bonchev–Trinajstić information content (AvgIpc) is 2.17. The quantitative estimate of drug-likeness (QED) is 0.718. The molecule has 3 nitrogen and oxygen atoms in total. The van der Waals surface area contributed by atoms with Crippen LogP contribution >= 0.6 is 0 Å². The first kappa shape index (κ1) is 9.67.